The van der Waals surface area contributed by atoms with Crippen LogP contribution in [0.5, 0.6) is 0 Å². The number of hydrogen-bond donors (Lipinski definition) is 3. The maximum atomic E-state index is 12.0. The smallest absolute Gasteiger partial charge is 0.243 e. The van der Waals surface area contributed by atoms with E-state index in [0.29, 0.717) is 19.8 Å². The summed E-state index contributed by atoms with van der Waals surface area (Å²) in [6.45, 7) is 1.76. The van der Waals surface area contributed by atoms with Gasteiger partial charge in [0.05, 0.1) is 13.2 Å². The molecule has 7 nitrogen and oxygen atoms in total. The fraction of sp³-hybridized carbons (Fsp3) is 0.308. The Hall–Kier alpha value is -1.90. The third-order valence-corrected chi connectivity index (χ3v) is 3.87. The molecule has 0 saturated carbocycles. The number of morpholine rings is 1. The standard InChI is InChI=1S/C13H15N5O2S/c19-12(11-7-20-6-5-14-11)17-9-1-3-10(4-2-9)21-13-15-8-16-18-13/h1-4,8,11,14H,5-7H2,(H,17,19)(H,15,16,18). The van der Waals surface area contributed by atoms with E-state index in [4.69, 9.17) is 4.74 Å². The molecule has 1 aromatic carbocycles. The normalized spacial score (nSPS) is 18.4. The molecule has 0 aliphatic carbocycles. The number of anilines is 1. The van der Waals surface area contributed by atoms with Gasteiger partial charge in [-0.05, 0) is 24.3 Å². The average molecular weight is 305 g/mol. The van der Waals surface area contributed by atoms with Crippen LogP contribution in [0.3, 0.4) is 0 Å². The summed E-state index contributed by atoms with van der Waals surface area (Å²) in [5.41, 5.74) is 0.759. The third-order valence-electron chi connectivity index (χ3n) is 2.97. The summed E-state index contributed by atoms with van der Waals surface area (Å²) in [6.07, 6.45) is 1.47. The number of ether oxygens (including phenoxy) is 1. The second-order valence-electron chi connectivity index (χ2n) is 4.49. The van der Waals surface area contributed by atoms with E-state index in [1.807, 2.05) is 24.3 Å². The van der Waals surface area contributed by atoms with Crippen LogP contribution in [0.2, 0.25) is 0 Å². The van der Waals surface area contributed by atoms with Gasteiger partial charge in [0.25, 0.3) is 0 Å². The molecule has 1 unspecified atom stereocenters. The van der Waals surface area contributed by atoms with Crippen molar-refractivity contribution in [3.63, 3.8) is 0 Å². The molecule has 1 amide bonds. The predicted molar refractivity (Wildman–Crippen MR) is 78.2 cm³/mol. The SMILES string of the molecule is O=C(Nc1ccc(Sc2ncn[nH]2)cc1)C1COCCN1. The number of rotatable bonds is 4. The largest absolute Gasteiger partial charge is 0.378 e. The van der Waals surface area contributed by atoms with E-state index in [2.05, 4.69) is 25.8 Å². The van der Waals surface area contributed by atoms with Crippen LogP contribution in [0, 0.1) is 0 Å². The van der Waals surface area contributed by atoms with E-state index >= 15 is 0 Å². The van der Waals surface area contributed by atoms with Gasteiger partial charge in [-0.15, -0.1) is 0 Å². The van der Waals surface area contributed by atoms with Gasteiger partial charge in [-0.1, -0.05) is 11.8 Å². The number of aromatic nitrogens is 3. The van der Waals surface area contributed by atoms with E-state index in [9.17, 15) is 4.79 Å². The van der Waals surface area contributed by atoms with Crippen molar-refractivity contribution in [1.29, 1.82) is 0 Å². The highest BCUT2D eigenvalue weighted by molar-refractivity contribution is 7.99. The molecule has 3 rings (SSSR count). The number of carbonyl (C=O) groups is 1. The summed E-state index contributed by atoms with van der Waals surface area (Å²) in [5, 5.41) is 13.3. The quantitative estimate of drug-likeness (QED) is 0.777. The Balaban J connectivity index is 1.57. The number of H-pyrrole nitrogens is 1. The molecule has 2 aromatic rings. The molecule has 1 aromatic heterocycles. The maximum Gasteiger partial charge on any atom is 0.243 e. The molecule has 1 saturated heterocycles. The zero-order valence-electron chi connectivity index (χ0n) is 11.2. The molecule has 110 valence electrons. The van der Waals surface area contributed by atoms with Crippen molar-refractivity contribution in [2.75, 3.05) is 25.1 Å². The van der Waals surface area contributed by atoms with E-state index in [1.54, 1.807) is 0 Å². The summed E-state index contributed by atoms with van der Waals surface area (Å²) in [4.78, 5) is 17.1. The summed E-state index contributed by atoms with van der Waals surface area (Å²) in [6, 6.07) is 7.28. The second kappa shape index (κ2) is 6.70. The van der Waals surface area contributed by atoms with Gasteiger partial charge in [0, 0.05) is 17.1 Å². The summed E-state index contributed by atoms with van der Waals surface area (Å²) in [7, 11) is 0. The van der Waals surface area contributed by atoms with Crippen LogP contribution in [0.4, 0.5) is 5.69 Å². The van der Waals surface area contributed by atoms with Gasteiger partial charge >= 0.3 is 0 Å². The number of aromatic amines is 1. The van der Waals surface area contributed by atoms with Crippen molar-refractivity contribution < 1.29 is 9.53 Å². The van der Waals surface area contributed by atoms with Crippen LogP contribution in [0.1, 0.15) is 0 Å². The van der Waals surface area contributed by atoms with Gasteiger partial charge in [0.2, 0.25) is 5.91 Å². The number of nitrogens with zero attached hydrogens (tertiary/aromatic N) is 2. The monoisotopic (exact) mass is 305 g/mol. The molecule has 0 radical (unpaired) electrons. The van der Waals surface area contributed by atoms with Crippen LogP contribution < -0.4 is 10.6 Å². The average Bonchev–Trinajstić information content (AvgIpc) is 3.03. The lowest BCUT2D eigenvalue weighted by Crippen LogP contribution is -2.48. The molecule has 1 aliphatic heterocycles. The first-order chi connectivity index (χ1) is 10.3. The Morgan fingerprint density at radius 3 is 2.90 bits per heavy atom. The number of benzene rings is 1. The minimum absolute atomic E-state index is 0.0784. The number of hydrogen-bond acceptors (Lipinski definition) is 6. The number of nitrogens with one attached hydrogen (secondary N) is 3. The Morgan fingerprint density at radius 1 is 1.38 bits per heavy atom. The van der Waals surface area contributed by atoms with E-state index in [0.717, 1.165) is 15.7 Å². The van der Waals surface area contributed by atoms with Crippen LogP contribution >= 0.6 is 11.8 Å². The van der Waals surface area contributed by atoms with Crippen LogP contribution in [0.25, 0.3) is 0 Å². The Labute approximate surface area is 125 Å². The molecule has 0 bridgehead atoms. The Kier molecular flexibility index (Phi) is 4.49. The summed E-state index contributed by atoms with van der Waals surface area (Å²) < 4.78 is 5.28. The van der Waals surface area contributed by atoms with E-state index in [-0.39, 0.29) is 11.9 Å². The zero-order valence-corrected chi connectivity index (χ0v) is 12.0. The molecule has 2 heterocycles. The first-order valence-electron chi connectivity index (χ1n) is 6.56. The van der Waals surface area contributed by atoms with Gasteiger partial charge in [0.15, 0.2) is 5.16 Å². The van der Waals surface area contributed by atoms with Crippen LogP contribution in [-0.4, -0.2) is 46.9 Å². The highest BCUT2D eigenvalue weighted by Crippen LogP contribution is 2.25. The molecule has 21 heavy (non-hydrogen) atoms. The van der Waals surface area contributed by atoms with Crippen LogP contribution in [0.15, 0.2) is 40.6 Å². The van der Waals surface area contributed by atoms with E-state index in [1.165, 1.54) is 18.1 Å². The topological polar surface area (TPSA) is 91.9 Å². The lowest BCUT2D eigenvalue weighted by atomic mass is 10.2. The summed E-state index contributed by atoms with van der Waals surface area (Å²) >= 11 is 1.48. The van der Waals surface area contributed by atoms with E-state index < -0.39 is 0 Å². The molecule has 3 N–H and O–H groups in total. The van der Waals surface area contributed by atoms with Gasteiger partial charge in [0.1, 0.15) is 12.4 Å². The van der Waals surface area contributed by atoms with Crippen LogP contribution in [-0.2, 0) is 9.53 Å². The molecule has 1 atom stereocenters. The third kappa shape index (κ3) is 3.81. The Bertz CT molecular complexity index is 581. The lowest BCUT2D eigenvalue weighted by molar-refractivity contribution is -0.120. The fourth-order valence-electron chi connectivity index (χ4n) is 1.92. The summed E-state index contributed by atoms with van der Waals surface area (Å²) in [5.74, 6) is -0.0784. The molecular formula is C13H15N5O2S. The molecule has 1 aliphatic rings. The maximum absolute atomic E-state index is 12.0. The first-order valence-corrected chi connectivity index (χ1v) is 7.38. The minimum atomic E-state index is -0.290. The van der Waals surface area contributed by atoms with Gasteiger partial charge in [-0.2, -0.15) is 5.10 Å². The zero-order chi connectivity index (χ0) is 14.5. The van der Waals surface area contributed by atoms with Crippen molar-refractivity contribution in [2.24, 2.45) is 0 Å². The second-order valence-corrected chi connectivity index (χ2v) is 5.55. The number of carbonyl (C=O) groups excluding carboxylic acids is 1. The van der Waals surface area contributed by atoms with Crippen molar-refractivity contribution in [1.82, 2.24) is 20.5 Å². The fourth-order valence-corrected chi connectivity index (χ4v) is 2.62. The van der Waals surface area contributed by atoms with Crippen molar-refractivity contribution in [3.05, 3.63) is 30.6 Å². The highest BCUT2D eigenvalue weighted by Gasteiger charge is 2.20. The molecular weight excluding hydrogens is 290 g/mol. The highest BCUT2D eigenvalue weighted by atomic mass is 32.2. The molecule has 1 fully saturated rings. The van der Waals surface area contributed by atoms with Gasteiger partial charge in [-0.25, -0.2) is 4.98 Å². The van der Waals surface area contributed by atoms with Gasteiger partial charge < -0.3 is 15.4 Å². The number of amides is 1. The molecule has 0 spiro atoms. The van der Waals surface area contributed by atoms with Crippen molar-refractivity contribution >= 4 is 23.4 Å². The Morgan fingerprint density at radius 2 is 2.24 bits per heavy atom. The van der Waals surface area contributed by atoms with Crippen molar-refractivity contribution in [3.8, 4) is 0 Å². The lowest BCUT2D eigenvalue weighted by Gasteiger charge is -2.22. The minimum Gasteiger partial charge on any atom is -0.378 e. The first kappa shape index (κ1) is 14.1. The van der Waals surface area contributed by atoms with Crippen molar-refractivity contribution in [2.45, 2.75) is 16.1 Å². The molecule has 8 heteroatoms. The predicted octanol–water partition coefficient (Wildman–Crippen LogP) is 0.883. The van der Waals surface area contributed by atoms with Gasteiger partial charge in [-0.3, -0.25) is 9.89 Å².